The van der Waals surface area contributed by atoms with Crippen molar-refractivity contribution in [2.75, 3.05) is 0 Å². The molecule has 0 bridgehead atoms. The summed E-state index contributed by atoms with van der Waals surface area (Å²) in [5, 5.41) is 27.8. The minimum Gasteiger partial charge on any atom is -0.391 e. The van der Waals surface area contributed by atoms with Gasteiger partial charge in [0.1, 0.15) is 18.0 Å². The summed E-state index contributed by atoms with van der Waals surface area (Å²) in [6.45, 7) is 1.61. The molecular weight excluding hydrogens is 302 g/mol. The van der Waals surface area contributed by atoms with Crippen LogP contribution >= 0.6 is 0 Å². The van der Waals surface area contributed by atoms with Gasteiger partial charge in [0, 0.05) is 0 Å². The minimum absolute atomic E-state index is 0.344. The molecule has 3 rings (SSSR count). The number of aliphatic hydroxyl groups is 1. The van der Waals surface area contributed by atoms with Gasteiger partial charge in [0.05, 0.1) is 34.3 Å². The van der Waals surface area contributed by atoms with E-state index >= 15 is 0 Å². The Morgan fingerprint density at radius 3 is 2.42 bits per heavy atom. The van der Waals surface area contributed by atoms with Crippen molar-refractivity contribution >= 4 is 11.0 Å². The van der Waals surface area contributed by atoms with Crippen LogP contribution in [0.25, 0.3) is 22.2 Å². The monoisotopic (exact) mass is 317 g/mol. The number of aliphatic hydroxyl groups excluding tert-OH is 1. The third kappa shape index (κ3) is 2.72. The maximum Gasteiger partial charge on any atom is 0.126 e. The number of hydrogen-bond donors (Lipinski definition) is 3. The summed E-state index contributed by atoms with van der Waals surface area (Å²) in [5.41, 5.74) is 9.88. The third-order valence-electron chi connectivity index (χ3n) is 3.93. The highest BCUT2D eigenvalue weighted by Gasteiger charge is 2.16. The number of fused-ring (bicyclic) bond motifs is 1. The van der Waals surface area contributed by atoms with Crippen LogP contribution in [-0.2, 0) is 0 Å². The lowest BCUT2D eigenvalue weighted by Crippen LogP contribution is -2.24. The van der Waals surface area contributed by atoms with Crippen LogP contribution < -0.4 is 5.73 Å². The SMILES string of the molecule is C[C@@H](O)[C@H](N)c1nc2ccc(-c3ccc(C#N)c(C#N)c3)cc2[nH]1. The number of nitrogens with two attached hydrogens (primary N) is 1. The minimum atomic E-state index is -0.707. The van der Waals surface area contributed by atoms with E-state index in [1.165, 1.54) is 0 Å². The van der Waals surface area contributed by atoms with E-state index < -0.39 is 12.1 Å². The predicted molar refractivity (Wildman–Crippen MR) is 89.6 cm³/mol. The largest absolute Gasteiger partial charge is 0.391 e. The van der Waals surface area contributed by atoms with E-state index in [2.05, 4.69) is 9.97 Å². The van der Waals surface area contributed by atoms with Crippen LogP contribution in [-0.4, -0.2) is 21.2 Å². The summed E-state index contributed by atoms with van der Waals surface area (Å²) in [6.07, 6.45) is -0.707. The second-order valence-electron chi connectivity index (χ2n) is 5.60. The van der Waals surface area contributed by atoms with Crippen molar-refractivity contribution in [1.82, 2.24) is 9.97 Å². The van der Waals surface area contributed by atoms with Gasteiger partial charge in [-0.3, -0.25) is 0 Å². The summed E-state index contributed by atoms with van der Waals surface area (Å²) in [4.78, 5) is 7.52. The number of nitrogens with one attached hydrogen (secondary N) is 1. The lowest BCUT2D eigenvalue weighted by molar-refractivity contribution is 0.161. The Morgan fingerprint density at radius 1 is 1.08 bits per heavy atom. The average Bonchev–Trinajstić information content (AvgIpc) is 3.03. The molecule has 0 aliphatic rings. The molecule has 0 saturated heterocycles. The topological polar surface area (TPSA) is 123 Å². The van der Waals surface area contributed by atoms with E-state index in [4.69, 9.17) is 16.3 Å². The number of imidazole rings is 1. The molecule has 0 aliphatic heterocycles. The standard InChI is InChI=1S/C18H15N5O/c1-10(24)17(21)18-22-15-5-4-12(7-16(15)23-18)11-2-3-13(8-19)14(6-11)9-20/h2-7,10,17,24H,21H2,1H3,(H,22,23)/t10-,17+/m1/s1. The van der Waals surface area contributed by atoms with Gasteiger partial charge < -0.3 is 15.8 Å². The summed E-state index contributed by atoms with van der Waals surface area (Å²) in [7, 11) is 0. The van der Waals surface area contributed by atoms with Crippen molar-refractivity contribution in [2.45, 2.75) is 19.1 Å². The van der Waals surface area contributed by atoms with E-state index in [1.54, 1.807) is 25.1 Å². The molecule has 3 aromatic rings. The van der Waals surface area contributed by atoms with Crippen LogP contribution in [0.3, 0.4) is 0 Å². The molecule has 24 heavy (non-hydrogen) atoms. The van der Waals surface area contributed by atoms with Crippen molar-refractivity contribution < 1.29 is 5.11 Å². The lowest BCUT2D eigenvalue weighted by Gasteiger charge is -2.10. The third-order valence-corrected chi connectivity index (χ3v) is 3.93. The molecule has 0 spiro atoms. The first-order valence-electron chi connectivity index (χ1n) is 7.41. The van der Waals surface area contributed by atoms with E-state index in [1.807, 2.05) is 30.3 Å². The Labute approximate surface area is 138 Å². The van der Waals surface area contributed by atoms with Gasteiger partial charge in [0.15, 0.2) is 0 Å². The molecule has 118 valence electrons. The molecule has 0 aliphatic carbocycles. The number of nitriles is 2. The van der Waals surface area contributed by atoms with Gasteiger partial charge in [0.2, 0.25) is 0 Å². The molecule has 6 heteroatoms. The van der Waals surface area contributed by atoms with Gasteiger partial charge in [-0.25, -0.2) is 4.98 Å². The van der Waals surface area contributed by atoms with Crippen LogP contribution in [0, 0.1) is 22.7 Å². The van der Waals surface area contributed by atoms with Crippen LogP contribution in [0.2, 0.25) is 0 Å². The zero-order valence-electron chi connectivity index (χ0n) is 13.0. The Bertz CT molecular complexity index is 991. The predicted octanol–water partition coefficient (Wildman–Crippen LogP) is 2.35. The molecule has 2 aromatic carbocycles. The molecule has 1 heterocycles. The molecular formula is C18H15N5O. The van der Waals surface area contributed by atoms with Gasteiger partial charge >= 0.3 is 0 Å². The number of aromatic amines is 1. The number of hydrogen-bond acceptors (Lipinski definition) is 5. The maximum absolute atomic E-state index is 9.60. The van der Waals surface area contributed by atoms with Gasteiger partial charge in [-0.1, -0.05) is 12.1 Å². The smallest absolute Gasteiger partial charge is 0.126 e. The second-order valence-corrected chi connectivity index (χ2v) is 5.60. The Morgan fingerprint density at radius 2 is 1.75 bits per heavy atom. The van der Waals surface area contributed by atoms with Gasteiger partial charge in [-0.15, -0.1) is 0 Å². The molecule has 2 atom stereocenters. The number of nitrogens with zero attached hydrogens (tertiary/aromatic N) is 3. The Hall–Kier alpha value is -3.19. The molecule has 4 N–H and O–H groups in total. The van der Waals surface area contributed by atoms with Gasteiger partial charge in [-0.05, 0) is 42.3 Å². The number of benzene rings is 2. The highest BCUT2D eigenvalue weighted by atomic mass is 16.3. The van der Waals surface area contributed by atoms with Crippen molar-refractivity contribution in [2.24, 2.45) is 5.73 Å². The van der Waals surface area contributed by atoms with Crippen molar-refractivity contribution in [3.05, 3.63) is 53.3 Å². The van der Waals surface area contributed by atoms with Crippen molar-refractivity contribution in [1.29, 1.82) is 10.5 Å². The number of H-pyrrole nitrogens is 1. The van der Waals surface area contributed by atoms with E-state index in [0.717, 1.165) is 22.2 Å². The van der Waals surface area contributed by atoms with E-state index in [-0.39, 0.29) is 0 Å². The van der Waals surface area contributed by atoms with Crippen molar-refractivity contribution in [3.63, 3.8) is 0 Å². The van der Waals surface area contributed by atoms with Crippen LogP contribution in [0.15, 0.2) is 36.4 Å². The summed E-state index contributed by atoms with van der Waals surface area (Å²) >= 11 is 0. The van der Waals surface area contributed by atoms with Gasteiger partial charge in [0.25, 0.3) is 0 Å². The molecule has 0 saturated carbocycles. The normalized spacial score (nSPS) is 13.2. The van der Waals surface area contributed by atoms with Crippen molar-refractivity contribution in [3.8, 4) is 23.3 Å². The summed E-state index contributed by atoms with van der Waals surface area (Å²) in [5.74, 6) is 0.523. The lowest BCUT2D eigenvalue weighted by atomic mass is 10.00. The molecule has 6 nitrogen and oxygen atoms in total. The summed E-state index contributed by atoms with van der Waals surface area (Å²) < 4.78 is 0. The highest BCUT2D eigenvalue weighted by Crippen LogP contribution is 2.26. The fourth-order valence-corrected chi connectivity index (χ4v) is 2.51. The Kier molecular flexibility index (Phi) is 4.01. The fourth-order valence-electron chi connectivity index (χ4n) is 2.51. The van der Waals surface area contributed by atoms with Crippen LogP contribution in [0.5, 0.6) is 0 Å². The average molecular weight is 317 g/mol. The zero-order chi connectivity index (χ0) is 17.3. The second kappa shape index (κ2) is 6.13. The van der Waals surface area contributed by atoms with E-state index in [9.17, 15) is 5.11 Å². The van der Waals surface area contributed by atoms with Gasteiger partial charge in [-0.2, -0.15) is 10.5 Å². The van der Waals surface area contributed by atoms with Crippen LogP contribution in [0.4, 0.5) is 0 Å². The first-order chi connectivity index (χ1) is 11.5. The molecule has 0 radical (unpaired) electrons. The molecule has 1 aromatic heterocycles. The molecule has 0 unspecified atom stereocenters. The highest BCUT2D eigenvalue weighted by molar-refractivity contribution is 5.82. The summed E-state index contributed by atoms with van der Waals surface area (Å²) in [6, 6.07) is 14.2. The van der Waals surface area contributed by atoms with E-state index in [0.29, 0.717) is 17.0 Å². The fraction of sp³-hybridized carbons (Fsp3) is 0.167. The first kappa shape index (κ1) is 15.7. The number of aromatic nitrogens is 2. The number of rotatable bonds is 3. The molecule has 0 fully saturated rings. The quantitative estimate of drug-likeness (QED) is 0.684. The zero-order valence-corrected chi connectivity index (χ0v) is 13.0. The van der Waals surface area contributed by atoms with Crippen LogP contribution in [0.1, 0.15) is 29.9 Å². The first-order valence-corrected chi connectivity index (χ1v) is 7.41. The maximum atomic E-state index is 9.60. The Balaban J connectivity index is 2.06. The molecule has 0 amide bonds.